The fourth-order valence-corrected chi connectivity index (χ4v) is 8.09. The quantitative estimate of drug-likeness (QED) is 0.389. The van der Waals surface area contributed by atoms with Crippen LogP contribution in [0.1, 0.15) is 121 Å². The van der Waals surface area contributed by atoms with Gasteiger partial charge in [-0.2, -0.15) is 8.78 Å². The van der Waals surface area contributed by atoms with E-state index in [-0.39, 0.29) is 0 Å². The molecule has 0 atom stereocenters. The van der Waals surface area contributed by atoms with Gasteiger partial charge in [-0.15, -0.1) is 0 Å². The summed E-state index contributed by atoms with van der Waals surface area (Å²) in [6.07, 6.45) is 13.6. The van der Waals surface area contributed by atoms with E-state index in [0.29, 0.717) is 55.0 Å². The fraction of sp³-hybridized carbons (Fsp3) is 0.781. The van der Waals surface area contributed by atoms with Crippen LogP contribution in [-0.2, 0) is 4.79 Å². The molecule has 36 heavy (non-hydrogen) atoms. The van der Waals surface area contributed by atoms with Crippen LogP contribution in [0.2, 0.25) is 0 Å². The van der Waals surface area contributed by atoms with E-state index in [0.717, 1.165) is 43.4 Å². The maximum atomic E-state index is 15.0. The molecule has 0 aliphatic heterocycles. The van der Waals surface area contributed by atoms with Crippen molar-refractivity contribution in [1.82, 2.24) is 0 Å². The third-order valence-corrected chi connectivity index (χ3v) is 10.6. The molecule has 4 aliphatic rings. The van der Waals surface area contributed by atoms with Gasteiger partial charge in [-0.05, 0) is 130 Å². The smallest absolute Gasteiger partial charge is 0.400 e. The number of hydrogen-bond acceptors (Lipinski definition) is 2. The van der Waals surface area contributed by atoms with E-state index in [1.54, 1.807) is 12.1 Å². The largest absolute Gasteiger partial charge is 0.432 e. The molecule has 0 bridgehead atoms. The van der Waals surface area contributed by atoms with Gasteiger partial charge in [0, 0.05) is 12.8 Å². The first-order valence-corrected chi connectivity index (χ1v) is 15.1. The third kappa shape index (κ3) is 6.33. The van der Waals surface area contributed by atoms with Crippen molar-refractivity contribution in [2.75, 3.05) is 0 Å². The molecule has 0 radical (unpaired) electrons. The van der Waals surface area contributed by atoms with Crippen LogP contribution in [0.25, 0.3) is 0 Å². The minimum Gasteiger partial charge on any atom is -0.432 e. The van der Waals surface area contributed by atoms with E-state index in [1.807, 2.05) is 12.1 Å². The van der Waals surface area contributed by atoms with E-state index >= 15 is 8.78 Å². The van der Waals surface area contributed by atoms with Crippen molar-refractivity contribution in [3.05, 3.63) is 29.8 Å². The molecule has 4 saturated carbocycles. The highest BCUT2D eigenvalue weighted by Gasteiger charge is 2.45. The maximum Gasteiger partial charge on any atom is 0.400 e. The van der Waals surface area contributed by atoms with Crippen LogP contribution in [0.4, 0.5) is 8.78 Å². The highest BCUT2D eigenvalue weighted by atomic mass is 19.3. The number of ether oxygens (including phenoxy) is 1. The molecular formula is C32H46F2O2. The molecule has 4 fully saturated rings. The fourth-order valence-electron chi connectivity index (χ4n) is 8.09. The highest BCUT2D eigenvalue weighted by Crippen LogP contribution is 2.46. The van der Waals surface area contributed by atoms with Gasteiger partial charge in [0.15, 0.2) is 0 Å². The molecule has 0 N–H and O–H groups in total. The molecule has 0 aromatic heterocycles. The minimum atomic E-state index is -3.12. The predicted octanol–water partition coefficient (Wildman–Crippen LogP) is 9.32. The molecule has 4 heteroatoms. The lowest BCUT2D eigenvalue weighted by molar-refractivity contribution is -0.224. The molecule has 0 unspecified atom stereocenters. The normalized spacial score (nSPS) is 34.9. The lowest BCUT2D eigenvalue weighted by Crippen LogP contribution is -2.38. The van der Waals surface area contributed by atoms with Gasteiger partial charge in [-0.3, -0.25) is 4.79 Å². The topological polar surface area (TPSA) is 26.3 Å². The molecule has 1 aromatic carbocycles. The van der Waals surface area contributed by atoms with Crippen LogP contribution in [0.15, 0.2) is 24.3 Å². The van der Waals surface area contributed by atoms with Gasteiger partial charge in [0.25, 0.3) is 0 Å². The zero-order valence-electron chi connectivity index (χ0n) is 22.2. The average molecular weight is 501 g/mol. The van der Waals surface area contributed by atoms with E-state index in [2.05, 4.69) is 6.92 Å². The van der Waals surface area contributed by atoms with Crippen molar-refractivity contribution in [2.45, 2.75) is 122 Å². The molecular weight excluding hydrogens is 454 g/mol. The molecule has 1 aromatic rings. The molecule has 5 rings (SSSR count). The molecule has 0 saturated heterocycles. The Labute approximate surface area is 217 Å². The molecule has 0 amide bonds. The number of rotatable bonds is 6. The summed E-state index contributed by atoms with van der Waals surface area (Å²) in [6.45, 7) is 2.39. The van der Waals surface area contributed by atoms with Gasteiger partial charge in [-0.1, -0.05) is 31.9 Å². The Morgan fingerprint density at radius 1 is 0.667 bits per heavy atom. The van der Waals surface area contributed by atoms with E-state index < -0.39 is 12.0 Å². The first kappa shape index (κ1) is 26.2. The van der Waals surface area contributed by atoms with Crippen LogP contribution in [0.3, 0.4) is 0 Å². The number of benzene rings is 1. The average Bonchev–Trinajstić information content (AvgIpc) is 2.90. The third-order valence-electron chi connectivity index (χ3n) is 10.6. The Balaban J connectivity index is 1.08. The Morgan fingerprint density at radius 2 is 1.14 bits per heavy atom. The summed E-state index contributed by atoms with van der Waals surface area (Å²) in [5.74, 6) is 4.30. The van der Waals surface area contributed by atoms with Gasteiger partial charge in [-0.25, -0.2) is 0 Å². The van der Waals surface area contributed by atoms with Gasteiger partial charge in [0.05, 0.1) is 5.92 Å². The molecule has 200 valence electrons. The van der Waals surface area contributed by atoms with Gasteiger partial charge in [0.2, 0.25) is 0 Å². The Bertz CT molecular complexity index is 831. The summed E-state index contributed by atoms with van der Waals surface area (Å²) in [5.41, 5.74) is 1.29. The number of halogens is 2. The first-order chi connectivity index (χ1) is 17.4. The number of carbonyl (C=O) groups is 1. The highest BCUT2D eigenvalue weighted by molar-refractivity contribution is 5.79. The van der Waals surface area contributed by atoms with Crippen LogP contribution in [0, 0.1) is 35.5 Å². The monoisotopic (exact) mass is 500 g/mol. The second-order valence-electron chi connectivity index (χ2n) is 12.9. The summed E-state index contributed by atoms with van der Waals surface area (Å²) in [6, 6.07) is 7.59. The second-order valence-corrected chi connectivity index (χ2v) is 12.9. The summed E-state index contributed by atoms with van der Waals surface area (Å²) in [7, 11) is 0. The summed E-state index contributed by atoms with van der Waals surface area (Å²) < 4.78 is 35.4. The van der Waals surface area contributed by atoms with E-state index in [4.69, 9.17) is 4.74 Å². The molecule has 0 heterocycles. The van der Waals surface area contributed by atoms with Crippen molar-refractivity contribution in [2.24, 2.45) is 35.5 Å². The van der Waals surface area contributed by atoms with E-state index in [9.17, 15) is 4.79 Å². The van der Waals surface area contributed by atoms with Crippen LogP contribution in [-0.4, -0.2) is 11.9 Å². The van der Waals surface area contributed by atoms with Gasteiger partial charge in [0.1, 0.15) is 11.5 Å². The van der Waals surface area contributed by atoms with E-state index in [1.165, 1.54) is 56.9 Å². The number of Topliss-reactive ketones (excluding diaryl/α,β-unsaturated/α-hetero) is 1. The van der Waals surface area contributed by atoms with Crippen LogP contribution >= 0.6 is 0 Å². The minimum absolute atomic E-state index is 0.293. The SMILES string of the molecule is CC1CCC(C2CCC(c3ccc(OC(F)(F)C4CCC(C5CCC(=O)CC5)CC4)cc3)CC2)CC1. The first-order valence-electron chi connectivity index (χ1n) is 15.1. The maximum absolute atomic E-state index is 15.0. The number of carbonyl (C=O) groups excluding carboxylic acids is 1. The molecule has 4 aliphatic carbocycles. The number of ketones is 1. The van der Waals surface area contributed by atoms with Crippen molar-refractivity contribution in [3.8, 4) is 5.75 Å². The predicted molar refractivity (Wildman–Crippen MR) is 140 cm³/mol. The zero-order valence-corrected chi connectivity index (χ0v) is 22.2. The van der Waals surface area contributed by atoms with Crippen molar-refractivity contribution in [1.29, 1.82) is 0 Å². The standard InChI is InChI=1S/C32H46F2O2/c1-22-2-4-23(5-3-22)24-6-8-25(9-7-24)28-14-20-31(21-15-28)36-32(33,34)29-16-10-26(11-17-29)27-12-18-30(35)19-13-27/h14-15,20-27,29H,2-13,16-19H2,1H3. The lowest BCUT2D eigenvalue weighted by Gasteiger charge is -2.38. The van der Waals surface area contributed by atoms with Crippen molar-refractivity contribution < 1.29 is 18.3 Å². The van der Waals surface area contributed by atoms with Crippen LogP contribution in [0.5, 0.6) is 5.75 Å². The summed E-state index contributed by atoms with van der Waals surface area (Å²) in [5, 5.41) is 0. The van der Waals surface area contributed by atoms with Gasteiger partial charge < -0.3 is 4.74 Å². The van der Waals surface area contributed by atoms with Gasteiger partial charge >= 0.3 is 6.11 Å². The Hall–Kier alpha value is -1.45. The van der Waals surface area contributed by atoms with Crippen molar-refractivity contribution >= 4 is 5.78 Å². The Morgan fingerprint density at radius 3 is 1.69 bits per heavy atom. The molecule has 0 spiro atoms. The number of alkyl halides is 2. The lowest BCUT2D eigenvalue weighted by atomic mass is 9.68. The zero-order chi connectivity index (χ0) is 25.1. The Kier molecular flexibility index (Phi) is 8.37. The summed E-state index contributed by atoms with van der Waals surface area (Å²) >= 11 is 0. The molecule has 2 nitrogen and oxygen atoms in total. The van der Waals surface area contributed by atoms with Crippen molar-refractivity contribution in [3.63, 3.8) is 0 Å². The number of hydrogen-bond donors (Lipinski definition) is 0. The van der Waals surface area contributed by atoms with Crippen LogP contribution < -0.4 is 4.74 Å². The second kappa shape index (κ2) is 11.5. The summed E-state index contributed by atoms with van der Waals surface area (Å²) in [4.78, 5) is 11.5.